The standard InChI is InChI=1S/C15H23NO2/c1-17-14-5-2-4-12(9-14)8-13(11-16)10-15-6-3-7-18-15/h2,4-5,9,13,15H,3,6-8,10-11,16H2,1H3. The first-order chi connectivity index (χ1) is 8.81. The second kappa shape index (κ2) is 6.76. The summed E-state index contributed by atoms with van der Waals surface area (Å²) in [6.45, 7) is 1.64. The highest BCUT2D eigenvalue weighted by Crippen LogP contribution is 2.23. The van der Waals surface area contributed by atoms with Gasteiger partial charge in [0.25, 0.3) is 0 Å². The fourth-order valence-corrected chi connectivity index (χ4v) is 2.60. The normalized spacial score (nSPS) is 20.9. The summed E-state index contributed by atoms with van der Waals surface area (Å²) in [5.74, 6) is 1.42. The zero-order valence-electron chi connectivity index (χ0n) is 11.1. The molecular weight excluding hydrogens is 226 g/mol. The first-order valence-corrected chi connectivity index (χ1v) is 6.76. The van der Waals surface area contributed by atoms with Crippen molar-refractivity contribution in [2.24, 2.45) is 11.7 Å². The third-order valence-corrected chi connectivity index (χ3v) is 3.61. The fourth-order valence-electron chi connectivity index (χ4n) is 2.60. The molecule has 1 saturated heterocycles. The largest absolute Gasteiger partial charge is 0.497 e. The monoisotopic (exact) mass is 249 g/mol. The molecule has 2 N–H and O–H groups in total. The lowest BCUT2D eigenvalue weighted by Gasteiger charge is -2.19. The first kappa shape index (κ1) is 13.4. The molecule has 1 aliphatic rings. The molecule has 1 heterocycles. The summed E-state index contributed by atoms with van der Waals surface area (Å²) in [5.41, 5.74) is 7.18. The molecular formula is C15H23NO2. The lowest BCUT2D eigenvalue weighted by Crippen LogP contribution is -2.22. The van der Waals surface area contributed by atoms with Crippen molar-refractivity contribution in [1.82, 2.24) is 0 Å². The molecule has 0 bridgehead atoms. The molecule has 2 unspecified atom stereocenters. The summed E-state index contributed by atoms with van der Waals surface area (Å²) in [5, 5.41) is 0. The van der Waals surface area contributed by atoms with Crippen molar-refractivity contribution in [1.29, 1.82) is 0 Å². The van der Waals surface area contributed by atoms with Crippen LogP contribution in [0.5, 0.6) is 5.75 Å². The molecule has 100 valence electrons. The van der Waals surface area contributed by atoms with Gasteiger partial charge in [0, 0.05) is 6.61 Å². The van der Waals surface area contributed by atoms with E-state index in [9.17, 15) is 0 Å². The van der Waals surface area contributed by atoms with Crippen LogP contribution in [0.1, 0.15) is 24.8 Å². The molecule has 1 aliphatic heterocycles. The average Bonchev–Trinajstić information content (AvgIpc) is 2.91. The minimum absolute atomic E-state index is 0.421. The SMILES string of the molecule is COc1cccc(CC(CN)CC2CCCO2)c1. The van der Waals surface area contributed by atoms with E-state index < -0.39 is 0 Å². The molecule has 0 aromatic heterocycles. The lowest BCUT2D eigenvalue weighted by molar-refractivity contribution is 0.0905. The summed E-state index contributed by atoms with van der Waals surface area (Å²) in [6.07, 6.45) is 4.89. The molecule has 0 aliphatic carbocycles. The third-order valence-electron chi connectivity index (χ3n) is 3.61. The van der Waals surface area contributed by atoms with E-state index in [1.54, 1.807) is 7.11 Å². The maximum Gasteiger partial charge on any atom is 0.119 e. The second-order valence-corrected chi connectivity index (χ2v) is 5.03. The van der Waals surface area contributed by atoms with Gasteiger partial charge in [-0.1, -0.05) is 12.1 Å². The molecule has 1 aromatic rings. The van der Waals surface area contributed by atoms with Crippen LogP contribution in [-0.4, -0.2) is 26.4 Å². The van der Waals surface area contributed by atoms with E-state index in [1.807, 2.05) is 12.1 Å². The Labute approximate surface area is 109 Å². The molecule has 2 atom stereocenters. The van der Waals surface area contributed by atoms with Crippen LogP contribution in [0.15, 0.2) is 24.3 Å². The Kier molecular flexibility index (Phi) is 5.02. The maximum absolute atomic E-state index is 5.88. The van der Waals surface area contributed by atoms with Crippen LogP contribution in [0.3, 0.4) is 0 Å². The Hall–Kier alpha value is -1.06. The van der Waals surface area contributed by atoms with Gasteiger partial charge in [-0.25, -0.2) is 0 Å². The molecule has 1 fully saturated rings. The van der Waals surface area contributed by atoms with E-state index >= 15 is 0 Å². The fraction of sp³-hybridized carbons (Fsp3) is 0.600. The molecule has 0 amide bonds. The van der Waals surface area contributed by atoms with Crippen LogP contribution in [0, 0.1) is 5.92 Å². The van der Waals surface area contributed by atoms with Crippen molar-refractivity contribution in [3.63, 3.8) is 0 Å². The molecule has 3 nitrogen and oxygen atoms in total. The second-order valence-electron chi connectivity index (χ2n) is 5.03. The van der Waals surface area contributed by atoms with Crippen molar-refractivity contribution < 1.29 is 9.47 Å². The van der Waals surface area contributed by atoms with E-state index in [-0.39, 0.29) is 0 Å². The highest BCUT2D eigenvalue weighted by atomic mass is 16.5. The molecule has 0 radical (unpaired) electrons. The molecule has 1 aromatic carbocycles. The van der Waals surface area contributed by atoms with Crippen LogP contribution in [0.25, 0.3) is 0 Å². The summed E-state index contributed by atoms with van der Waals surface area (Å²) in [6, 6.07) is 8.24. The van der Waals surface area contributed by atoms with Crippen molar-refractivity contribution in [2.45, 2.75) is 31.8 Å². The zero-order chi connectivity index (χ0) is 12.8. The lowest BCUT2D eigenvalue weighted by atomic mass is 9.93. The number of nitrogens with two attached hydrogens (primary N) is 1. The predicted octanol–water partition coefficient (Wildman–Crippen LogP) is 2.38. The van der Waals surface area contributed by atoms with Gasteiger partial charge in [0.2, 0.25) is 0 Å². The van der Waals surface area contributed by atoms with Gasteiger partial charge in [-0.2, -0.15) is 0 Å². The van der Waals surface area contributed by atoms with Gasteiger partial charge < -0.3 is 15.2 Å². The topological polar surface area (TPSA) is 44.5 Å². The Balaban J connectivity index is 1.91. The Morgan fingerprint density at radius 2 is 2.39 bits per heavy atom. The minimum Gasteiger partial charge on any atom is -0.497 e. The number of ether oxygens (including phenoxy) is 2. The quantitative estimate of drug-likeness (QED) is 0.842. The van der Waals surface area contributed by atoms with Crippen molar-refractivity contribution in [3.8, 4) is 5.75 Å². The number of methoxy groups -OCH3 is 1. The number of hydrogen-bond donors (Lipinski definition) is 1. The smallest absolute Gasteiger partial charge is 0.119 e. The molecule has 18 heavy (non-hydrogen) atoms. The van der Waals surface area contributed by atoms with Crippen molar-refractivity contribution in [3.05, 3.63) is 29.8 Å². The number of hydrogen-bond acceptors (Lipinski definition) is 3. The van der Waals surface area contributed by atoms with Crippen LogP contribution >= 0.6 is 0 Å². The number of benzene rings is 1. The van der Waals surface area contributed by atoms with Gasteiger partial charge in [-0.3, -0.25) is 0 Å². The van der Waals surface area contributed by atoms with Gasteiger partial charge in [0.1, 0.15) is 5.75 Å². The Morgan fingerprint density at radius 1 is 1.50 bits per heavy atom. The third kappa shape index (κ3) is 3.72. The summed E-state index contributed by atoms with van der Waals surface area (Å²) in [7, 11) is 1.70. The van der Waals surface area contributed by atoms with E-state index in [2.05, 4.69) is 12.1 Å². The van der Waals surface area contributed by atoms with Gasteiger partial charge in [-0.05, 0) is 55.8 Å². The van der Waals surface area contributed by atoms with Crippen LogP contribution < -0.4 is 10.5 Å². The molecule has 0 saturated carbocycles. The first-order valence-electron chi connectivity index (χ1n) is 6.76. The number of rotatable bonds is 6. The van der Waals surface area contributed by atoms with E-state index in [0.717, 1.165) is 31.7 Å². The van der Waals surface area contributed by atoms with Crippen LogP contribution in [0.4, 0.5) is 0 Å². The van der Waals surface area contributed by atoms with E-state index in [4.69, 9.17) is 15.2 Å². The van der Waals surface area contributed by atoms with E-state index in [0.29, 0.717) is 12.0 Å². The molecule has 2 rings (SSSR count). The summed E-state index contributed by atoms with van der Waals surface area (Å²) >= 11 is 0. The van der Waals surface area contributed by atoms with Gasteiger partial charge in [-0.15, -0.1) is 0 Å². The van der Waals surface area contributed by atoms with Crippen molar-refractivity contribution in [2.75, 3.05) is 20.3 Å². The van der Waals surface area contributed by atoms with Crippen molar-refractivity contribution >= 4 is 0 Å². The van der Waals surface area contributed by atoms with Crippen LogP contribution in [-0.2, 0) is 11.2 Å². The minimum atomic E-state index is 0.421. The predicted molar refractivity (Wildman–Crippen MR) is 72.8 cm³/mol. The zero-order valence-corrected chi connectivity index (χ0v) is 11.1. The summed E-state index contributed by atoms with van der Waals surface area (Å²) in [4.78, 5) is 0. The maximum atomic E-state index is 5.88. The highest BCUT2D eigenvalue weighted by molar-refractivity contribution is 5.28. The van der Waals surface area contributed by atoms with Crippen LogP contribution in [0.2, 0.25) is 0 Å². The highest BCUT2D eigenvalue weighted by Gasteiger charge is 2.20. The Bertz CT molecular complexity index is 361. The Morgan fingerprint density at radius 3 is 3.06 bits per heavy atom. The van der Waals surface area contributed by atoms with E-state index in [1.165, 1.54) is 18.4 Å². The summed E-state index contributed by atoms with van der Waals surface area (Å²) < 4.78 is 10.9. The van der Waals surface area contributed by atoms with Gasteiger partial charge in [0.05, 0.1) is 13.2 Å². The molecule has 0 spiro atoms. The average molecular weight is 249 g/mol. The van der Waals surface area contributed by atoms with Gasteiger partial charge >= 0.3 is 0 Å². The van der Waals surface area contributed by atoms with Gasteiger partial charge in [0.15, 0.2) is 0 Å². The molecule has 3 heteroatoms.